The van der Waals surface area contributed by atoms with E-state index in [0.717, 1.165) is 60.5 Å². The largest absolute Gasteiger partial charge is 0.460 e. The molecule has 0 saturated heterocycles. The van der Waals surface area contributed by atoms with Crippen LogP contribution in [-0.2, 0) is 20.9 Å². The lowest BCUT2D eigenvalue weighted by Crippen LogP contribution is -2.34. The van der Waals surface area contributed by atoms with Crippen molar-refractivity contribution in [1.29, 1.82) is 0 Å². The van der Waals surface area contributed by atoms with E-state index in [-0.39, 0.29) is 17.8 Å². The summed E-state index contributed by atoms with van der Waals surface area (Å²) < 4.78 is 5.79. The van der Waals surface area contributed by atoms with Crippen LogP contribution in [0.2, 0.25) is 0 Å². The van der Waals surface area contributed by atoms with Gasteiger partial charge in [0.05, 0.1) is 5.92 Å². The third-order valence-corrected chi connectivity index (χ3v) is 11.2. The Bertz CT molecular complexity index is 1240. The first-order valence-corrected chi connectivity index (χ1v) is 17.2. The minimum atomic E-state index is -0.177. The Kier molecular flexibility index (Phi) is 12.4. The van der Waals surface area contributed by atoms with Crippen molar-refractivity contribution in [3.8, 4) is 0 Å². The van der Waals surface area contributed by atoms with Gasteiger partial charge in [0.2, 0.25) is 0 Å². The molecule has 0 N–H and O–H groups in total. The van der Waals surface area contributed by atoms with Crippen LogP contribution in [0.5, 0.6) is 0 Å². The first-order valence-electron chi connectivity index (χ1n) is 16.6. The topological polar surface area (TPSA) is 43.4 Å². The van der Waals surface area contributed by atoms with Crippen molar-refractivity contribution in [1.82, 2.24) is 0 Å². The fraction of sp³-hybridized carbons (Fsp3) is 0.538. The Labute approximate surface area is 263 Å². The number of hydrogen-bond acceptors (Lipinski definition) is 3. The summed E-state index contributed by atoms with van der Waals surface area (Å²) in [5.41, 5.74) is 6.45. The van der Waals surface area contributed by atoms with Gasteiger partial charge in [-0.25, -0.2) is 0 Å². The molecule has 2 atom stereocenters. The molecule has 3 aliphatic carbocycles. The molecule has 2 unspecified atom stereocenters. The second kappa shape index (κ2) is 16.0. The number of allylic oxidation sites excluding steroid dienone is 8. The quantitative estimate of drug-likeness (QED) is 0.144. The van der Waals surface area contributed by atoms with E-state index in [1.807, 2.05) is 18.2 Å². The van der Waals surface area contributed by atoms with E-state index in [1.54, 1.807) is 0 Å². The standard InChI is InChI=1S/C39H53O3P/c1-5-11-31(12-6-2)32-19-23-39(24-20-32)25-21-33(22-26-39)36(40)17-8-7-14-30-15-10-16-34(29(30)4)38(41)42-27-35-28(3)13-9-18-37(35)43/h5-7,9,11-14,18,32-34H,1,8,10,15-17,19-27,43H2,2-4H3. The maximum absolute atomic E-state index is 13.1. The molecule has 4 heteroatoms. The Morgan fingerprint density at radius 2 is 1.74 bits per heavy atom. The van der Waals surface area contributed by atoms with Gasteiger partial charge in [-0.15, -0.1) is 9.24 Å². The number of ketones is 1. The average Bonchev–Trinajstić information content (AvgIpc) is 3.00. The number of esters is 1. The average molecular weight is 601 g/mol. The lowest BCUT2D eigenvalue weighted by Gasteiger charge is -2.45. The van der Waals surface area contributed by atoms with Crippen LogP contribution >= 0.6 is 9.24 Å². The molecule has 1 aromatic carbocycles. The normalized spacial score (nSPS) is 26.8. The van der Waals surface area contributed by atoms with Crippen LogP contribution in [-0.4, -0.2) is 11.8 Å². The summed E-state index contributed by atoms with van der Waals surface area (Å²) >= 11 is 0. The van der Waals surface area contributed by atoms with Gasteiger partial charge in [-0.05, 0) is 137 Å². The van der Waals surface area contributed by atoms with Crippen LogP contribution in [0.25, 0.3) is 0 Å². The molecular formula is C39H53O3P. The predicted molar refractivity (Wildman–Crippen MR) is 183 cm³/mol. The van der Waals surface area contributed by atoms with Gasteiger partial charge >= 0.3 is 5.97 Å². The van der Waals surface area contributed by atoms with E-state index in [4.69, 9.17) is 4.74 Å². The number of hydrogen-bond donors (Lipinski definition) is 0. The number of benzene rings is 1. The summed E-state index contributed by atoms with van der Waals surface area (Å²) in [6.07, 6.45) is 26.7. The first-order chi connectivity index (χ1) is 20.8. The van der Waals surface area contributed by atoms with Crippen LogP contribution < -0.4 is 5.30 Å². The van der Waals surface area contributed by atoms with Gasteiger partial charge in [0.25, 0.3) is 0 Å². The summed E-state index contributed by atoms with van der Waals surface area (Å²) in [6.45, 7) is 10.4. The molecule has 0 amide bonds. The van der Waals surface area contributed by atoms with Crippen molar-refractivity contribution in [2.45, 2.75) is 111 Å². The Balaban J connectivity index is 1.22. The fourth-order valence-electron chi connectivity index (χ4n) is 7.74. The molecule has 2 fully saturated rings. The Morgan fingerprint density at radius 3 is 2.40 bits per heavy atom. The number of carbonyl (C=O) groups is 2. The Hall–Kier alpha value is -2.51. The highest BCUT2D eigenvalue weighted by Crippen LogP contribution is 2.51. The van der Waals surface area contributed by atoms with E-state index >= 15 is 0 Å². The molecule has 0 aromatic heterocycles. The highest BCUT2D eigenvalue weighted by atomic mass is 31.0. The fourth-order valence-corrected chi connectivity index (χ4v) is 8.16. The molecule has 0 aliphatic heterocycles. The van der Waals surface area contributed by atoms with Crippen LogP contribution in [0.3, 0.4) is 0 Å². The van der Waals surface area contributed by atoms with Crippen molar-refractivity contribution in [2.24, 2.45) is 23.2 Å². The van der Waals surface area contributed by atoms with Crippen molar-refractivity contribution in [3.05, 3.63) is 89.1 Å². The van der Waals surface area contributed by atoms with Crippen LogP contribution in [0.1, 0.15) is 108 Å². The highest BCUT2D eigenvalue weighted by molar-refractivity contribution is 7.27. The first kappa shape index (κ1) is 33.4. The minimum Gasteiger partial charge on any atom is -0.460 e. The lowest BCUT2D eigenvalue weighted by atomic mass is 9.60. The molecule has 0 heterocycles. The van der Waals surface area contributed by atoms with Gasteiger partial charge in [0.1, 0.15) is 12.4 Å². The van der Waals surface area contributed by atoms with Crippen molar-refractivity contribution in [3.63, 3.8) is 0 Å². The van der Waals surface area contributed by atoms with E-state index in [9.17, 15) is 9.59 Å². The van der Waals surface area contributed by atoms with Gasteiger partial charge in [0.15, 0.2) is 0 Å². The predicted octanol–water partition coefficient (Wildman–Crippen LogP) is 9.62. The molecule has 0 bridgehead atoms. The number of rotatable bonds is 11. The third-order valence-electron chi connectivity index (χ3n) is 10.6. The maximum Gasteiger partial charge on any atom is 0.313 e. The zero-order valence-corrected chi connectivity index (χ0v) is 28.0. The zero-order valence-electron chi connectivity index (χ0n) is 26.8. The molecule has 2 saturated carbocycles. The zero-order chi connectivity index (χ0) is 30.8. The van der Waals surface area contributed by atoms with E-state index in [1.165, 1.54) is 49.7 Å². The van der Waals surface area contributed by atoms with E-state index < -0.39 is 0 Å². The van der Waals surface area contributed by atoms with E-state index in [0.29, 0.717) is 30.1 Å². The molecule has 43 heavy (non-hydrogen) atoms. The van der Waals surface area contributed by atoms with Crippen LogP contribution in [0.15, 0.2) is 78.0 Å². The lowest BCUT2D eigenvalue weighted by molar-refractivity contribution is -0.148. The monoisotopic (exact) mass is 600 g/mol. The number of ether oxygens (including phenoxy) is 1. The second-order valence-electron chi connectivity index (χ2n) is 13.3. The summed E-state index contributed by atoms with van der Waals surface area (Å²) in [5.74, 6) is 1.03. The summed E-state index contributed by atoms with van der Waals surface area (Å²) in [6, 6.07) is 6.10. The molecule has 4 rings (SSSR count). The van der Waals surface area contributed by atoms with E-state index in [2.05, 4.69) is 73.0 Å². The third kappa shape index (κ3) is 8.78. The van der Waals surface area contributed by atoms with Crippen molar-refractivity contribution < 1.29 is 14.3 Å². The van der Waals surface area contributed by atoms with Gasteiger partial charge in [-0.3, -0.25) is 9.59 Å². The molecule has 3 aliphatic rings. The summed E-state index contributed by atoms with van der Waals surface area (Å²) in [4.78, 5) is 26.1. The van der Waals surface area contributed by atoms with Crippen LogP contribution in [0.4, 0.5) is 0 Å². The maximum atomic E-state index is 13.1. The van der Waals surface area contributed by atoms with Crippen molar-refractivity contribution in [2.75, 3.05) is 0 Å². The van der Waals surface area contributed by atoms with Crippen molar-refractivity contribution >= 4 is 26.3 Å². The van der Waals surface area contributed by atoms with Crippen LogP contribution in [0, 0.1) is 30.1 Å². The smallest absolute Gasteiger partial charge is 0.313 e. The van der Waals surface area contributed by atoms with Gasteiger partial charge in [-0.1, -0.05) is 66.8 Å². The van der Waals surface area contributed by atoms with Gasteiger partial charge in [-0.2, -0.15) is 0 Å². The molecule has 232 valence electrons. The SMILES string of the molecule is C=CC=C(C=CC)C1CCC2(CCC(C(=O)CCC=CC3=C(C)C(C(=O)OCc4c(C)cccc4P)CCC3)CC2)CC1. The molecule has 0 radical (unpaired) electrons. The summed E-state index contributed by atoms with van der Waals surface area (Å²) in [7, 11) is 2.74. The summed E-state index contributed by atoms with van der Waals surface area (Å²) in [5, 5.41) is 1.08. The highest BCUT2D eigenvalue weighted by Gasteiger charge is 2.40. The van der Waals surface area contributed by atoms with Gasteiger partial charge < -0.3 is 4.74 Å². The second-order valence-corrected chi connectivity index (χ2v) is 13.9. The number of Topliss-reactive ketones (excluding diaryl/α,β-unsaturated/α-hetero) is 1. The molecular weight excluding hydrogens is 547 g/mol. The molecule has 3 nitrogen and oxygen atoms in total. The number of aryl methyl sites for hydroxylation is 1. The van der Waals surface area contributed by atoms with Gasteiger partial charge in [0, 0.05) is 12.3 Å². The minimum absolute atomic E-state index is 0.124. The Morgan fingerprint density at radius 1 is 1.05 bits per heavy atom. The molecule has 1 spiro atoms. The number of carbonyl (C=O) groups excluding carboxylic acids is 2. The molecule has 1 aromatic rings.